The first-order valence-electron chi connectivity index (χ1n) is 11.4. The van der Waals surface area contributed by atoms with Gasteiger partial charge in [0.15, 0.2) is 17.6 Å². The number of rotatable bonds is 6. The van der Waals surface area contributed by atoms with Gasteiger partial charge in [-0.15, -0.1) is 0 Å². The van der Waals surface area contributed by atoms with Gasteiger partial charge in [-0.25, -0.2) is 18.0 Å². The fraction of sp³-hybridized carbons (Fsp3) is 0.280. The van der Waals surface area contributed by atoms with Gasteiger partial charge in [-0.1, -0.05) is 18.2 Å². The van der Waals surface area contributed by atoms with Crippen LogP contribution in [0.2, 0.25) is 0 Å². The largest absolute Gasteiger partial charge is 0.452 e. The molecule has 2 aromatic carbocycles. The van der Waals surface area contributed by atoms with Crippen LogP contribution in [0.1, 0.15) is 0 Å². The van der Waals surface area contributed by atoms with Crippen LogP contribution in [0.25, 0.3) is 33.5 Å². The number of alkyl halides is 2. The van der Waals surface area contributed by atoms with Gasteiger partial charge in [-0.05, 0) is 35.4 Å². The molecular weight excluding hydrogens is 528 g/mol. The minimum atomic E-state index is -3.47. The smallest absolute Gasteiger partial charge is 0.314 e. The molecule has 0 radical (unpaired) electrons. The van der Waals surface area contributed by atoms with Crippen molar-refractivity contribution in [1.82, 2.24) is 15.0 Å². The number of H-pyrrole nitrogens is 1. The zero-order valence-electron chi connectivity index (χ0n) is 20.1. The van der Waals surface area contributed by atoms with E-state index in [4.69, 9.17) is 14.6 Å². The Labute approximate surface area is 214 Å². The number of pyridine rings is 1. The Balaban J connectivity index is 1.41. The minimum Gasteiger partial charge on any atom is -0.452 e. The molecule has 0 spiro atoms. The van der Waals surface area contributed by atoms with Gasteiger partial charge in [0.1, 0.15) is 17.6 Å². The number of aliphatic hydroxyl groups excluding tert-OH is 1. The Morgan fingerprint density at radius 3 is 2.45 bits per heavy atom. The van der Waals surface area contributed by atoms with Crippen LogP contribution >= 0.6 is 0 Å². The Kier molecular flexibility index (Phi) is 6.61. The summed E-state index contributed by atoms with van der Waals surface area (Å²) < 4.78 is 84.6. The number of aromatic amines is 1. The predicted octanol–water partition coefficient (Wildman–Crippen LogP) is 4.70. The number of fused-ring (bicyclic) bond motifs is 1. The van der Waals surface area contributed by atoms with E-state index in [-0.39, 0.29) is 28.4 Å². The summed E-state index contributed by atoms with van der Waals surface area (Å²) in [4.78, 5) is 10.6. The summed E-state index contributed by atoms with van der Waals surface area (Å²) in [6.07, 6.45) is -0.381. The van der Waals surface area contributed by atoms with Crippen molar-refractivity contribution in [2.75, 3.05) is 25.7 Å². The normalized spacial score (nSPS) is 19.1. The van der Waals surface area contributed by atoms with Crippen LogP contribution in [0.15, 0.2) is 52.9 Å². The topological polar surface area (TPSA) is 110 Å². The summed E-state index contributed by atoms with van der Waals surface area (Å²) in [5, 5.41) is 9.04. The van der Waals surface area contributed by atoms with Crippen LogP contribution < -0.4 is 4.74 Å². The third-order valence-corrected chi connectivity index (χ3v) is 6.53. The Bertz CT molecular complexity index is 1630. The van der Waals surface area contributed by atoms with E-state index >= 15 is 4.39 Å². The summed E-state index contributed by atoms with van der Waals surface area (Å²) in [6.45, 7) is -1.36. The number of hydrogen-bond donors (Lipinski definition) is 2. The van der Waals surface area contributed by atoms with Gasteiger partial charge in [-0.2, -0.15) is 18.1 Å². The van der Waals surface area contributed by atoms with E-state index in [0.717, 1.165) is 6.07 Å². The molecule has 5 rings (SSSR count). The standard InChI is InChI=1S/C25H22F4N4O4S/c1-38(2,35)33-15-6-3-13(4-7-15)14-5-8-16(17(26)9-14)22-18(27)10-19-23(31-22)32-24(30-19)37-21-12-36-20(11-34)25(21,28)29/h3-10,20-21,34H,11-12H2,1-2H3,(H,30,31,32)/t20-,21-/m1/s1. The van der Waals surface area contributed by atoms with Crippen molar-refractivity contribution >= 4 is 26.6 Å². The first-order valence-corrected chi connectivity index (χ1v) is 13.7. The summed E-state index contributed by atoms with van der Waals surface area (Å²) in [5.74, 6) is -5.06. The molecule has 0 unspecified atom stereocenters. The predicted molar refractivity (Wildman–Crippen MR) is 133 cm³/mol. The average molecular weight is 551 g/mol. The minimum absolute atomic E-state index is 0.0628. The van der Waals surface area contributed by atoms with Crippen LogP contribution in [0, 0.1) is 11.6 Å². The van der Waals surface area contributed by atoms with Crippen molar-refractivity contribution in [3.05, 3.63) is 60.2 Å². The van der Waals surface area contributed by atoms with Crippen molar-refractivity contribution < 1.29 is 36.4 Å². The molecule has 0 bridgehead atoms. The highest BCUT2D eigenvalue weighted by atomic mass is 32.2. The van der Waals surface area contributed by atoms with Crippen molar-refractivity contribution in [1.29, 1.82) is 0 Å². The van der Waals surface area contributed by atoms with Crippen molar-refractivity contribution in [2.45, 2.75) is 18.1 Å². The lowest BCUT2D eigenvalue weighted by Gasteiger charge is -2.20. The molecule has 1 fully saturated rings. The molecule has 13 heteroatoms. The molecule has 4 aromatic rings. The molecule has 2 N–H and O–H groups in total. The molecular formula is C25H22F4N4O4S. The number of aliphatic hydroxyl groups is 1. The zero-order chi connectivity index (χ0) is 27.2. The van der Waals surface area contributed by atoms with Crippen LogP contribution in [-0.4, -0.2) is 68.1 Å². The lowest BCUT2D eigenvalue weighted by molar-refractivity contribution is -0.118. The first kappa shape index (κ1) is 26.1. The van der Waals surface area contributed by atoms with E-state index in [0.29, 0.717) is 16.8 Å². The number of ether oxygens (including phenoxy) is 2. The molecule has 1 aliphatic heterocycles. The zero-order valence-corrected chi connectivity index (χ0v) is 20.9. The Morgan fingerprint density at radius 2 is 1.82 bits per heavy atom. The highest BCUT2D eigenvalue weighted by Gasteiger charge is 2.55. The number of benzene rings is 2. The van der Waals surface area contributed by atoms with Crippen LogP contribution in [0.5, 0.6) is 6.01 Å². The van der Waals surface area contributed by atoms with Crippen LogP contribution in [-0.2, 0) is 14.5 Å². The fourth-order valence-corrected chi connectivity index (χ4v) is 4.68. The van der Waals surface area contributed by atoms with Gasteiger partial charge in [0.25, 0.3) is 6.01 Å². The number of aromatic nitrogens is 3. The highest BCUT2D eigenvalue weighted by molar-refractivity contribution is 7.92. The molecule has 1 aliphatic rings. The van der Waals surface area contributed by atoms with Crippen molar-refractivity contribution in [2.24, 2.45) is 4.36 Å². The van der Waals surface area contributed by atoms with E-state index in [1.54, 1.807) is 30.3 Å². The Morgan fingerprint density at radius 1 is 1.11 bits per heavy atom. The summed E-state index contributed by atoms with van der Waals surface area (Å²) in [5.41, 5.74) is 1.27. The summed E-state index contributed by atoms with van der Waals surface area (Å²) >= 11 is 0. The number of halogens is 4. The SMILES string of the molecule is CS(C)(=O)=Nc1ccc(-c2ccc(-c3nc4nc(O[C@@H]5CO[C@H](CO)C5(F)F)[nH]c4cc3F)c(F)c2)cc1. The second-order valence-corrected chi connectivity index (χ2v) is 11.6. The highest BCUT2D eigenvalue weighted by Crippen LogP contribution is 2.35. The molecule has 0 saturated carbocycles. The molecule has 1 saturated heterocycles. The average Bonchev–Trinajstić information content (AvgIpc) is 3.36. The van der Waals surface area contributed by atoms with Crippen LogP contribution in [0.4, 0.5) is 23.2 Å². The molecule has 0 aliphatic carbocycles. The van der Waals surface area contributed by atoms with E-state index in [2.05, 4.69) is 19.3 Å². The van der Waals surface area contributed by atoms with Crippen LogP contribution in [0.3, 0.4) is 0 Å². The van der Waals surface area contributed by atoms with E-state index in [1.807, 2.05) is 0 Å². The van der Waals surface area contributed by atoms with Gasteiger partial charge < -0.3 is 19.6 Å². The van der Waals surface area contributed by atoms with E-state index in [1.165, 1.54) is 24.6 Å². The van der Waals surface area contributed by atoms with E-state index < -0.39 is 52.7 Å². The van der Waals surface area contributed by atoms with Crippen molar-refractivity contribution in [3.63, 3.8) is 0 Å². The third-order valence-electron chi connectivity index (χ3n) is 5.88. The van der Waals surface area contributed by atoms with Gasteiger partial charge in [0.05, 0.1) is 24.4 Å². The number of nitrogens with one attached hydrogen (secondary N) is 1. The Hall–Kier alpha value is -3.55. The fourth-order valence-electron chi connectivity index (χ4n) is 4.05. The lowest BCUT2D eigenvalue weighted by Crippen LogP contribution is -2.43. The van der Waals surface area contributed by atoms with Gasteiger partial charge in [-0.3, -0.25) is 0 Å². The first-order chi connectivity index (χ1) is 17.9. The third kappa shape index (κ3) is 5.08. The monoisotopic (exact) mass is 550 g/mol. The second kappa shape index (κ2) is 9.64. The lowest BCUT2D eigenvalue weighted by atomic mass is 10.0. The van der Waals surface area contributed by atoms with Crippen molar-refractivity contribution in [3.8, 4) is 28.4 Å². The number of imidazole rings is 1. The van der Waals surface area contributed by atoms with E-state index in [9.17, 15) is 17.4 Å². The molecule has 2 atom stereocenters. The quantitative estimate of drug-likeness (QED) is 0.337. The number of nitrogens with zero attached hydrogens (tertiary/aromatic N) is 3. The van der Waals surface area contributed by atoms with Gasteiger partial charge in [0.2, 0.25) is 0 Å². The molecule has 38 heavy (non-hydrogen) atoms. The molecule has 0 amide bonds. The maximum absolute atomic E-state index is 15.1. The number of hydrogen-bond acceptors (Lipinski definition) is 7. The molecule has 3 heterocycles. The maximum Gasteiger partial charge on any atom is 0.314 e. The van der Waals surface area contributed by atoms with Gasteiger partial charge in [0, 0.05) is 33.9 Å². The molecule has 2 aromatic heterocycles. The second-order valence-electron chi connectivity index (χ2n) is 9.03. The van der Waals surface area contributed by atoms with Gasteiger partial charge >= 0.3 is 5.92 Å². The summed E-state index contributed by atoms with van der Waals surface area (Å²) in [7, 11) is -2.32. The maximum atomic E-state index is 15.1. The molecule has 200 valence electrons. The summed E-state index contributed by atoms with van der Waals surface area (Å²) in [6, 6.07) is 11.6. The molecule has 8 nitrogen and oxygen atoms in total.